The third-order valence-electron chi connectivity index (χ3n) is 3.34. The van der Waals surface area contributed by atoms with Gasteiger partial charge >= 0.3 is 0 Å². The summed E-state index contributed by atoms with van der Waals surface area (Å²) in [5, 5.41) is 3.38. The second-order valence-corrected chi connectivity index (χ2v) is 6.68. The van der Waals surface area contributed by atoms with Crippen molar-refractivity contribution in [3.05, 3.63) is 75.0 Å². The Hall–Kier alpha value is -2.31. The predicted octanol–water partition coefficient (Wildman–Crippen LogP) is 4.35. The van der Waals surface area contributed by atoms with Gasteiger partial charge in [-0.15, -0.1) is 11.3 Å². The van der Waals surface area contributed by atoms with E-state index in [-0.39, 0.29) is 5.91 Å². The second kappa shape index (κ2) is 6.85. The van der Waals surface area contributed by atoms with Crippen molar-refractivity contribution >= 4 is 34.6 Å². The lowest BCUT2D eigenvalue weighted by Crippen LogP contribution is -2.12. The van der Waals surface area contributed by atoms with E-state index in [1.165, 1.54) is 22.5 Å². The third-order valence-corrected chi connectivity index (χ3v) is 4.59. The summed E-state index contributed by atoms with van der Waals surface area (Å²) in [6.07, 6.45) is 4.30. The number of rotatable bonds is 4. The van der Waals surface area contributed by atoms with E-state index in [9.17, 15) is 4.79 Å². The van der Waals surface area contributed by atoms with E-state index in [2.05, 4.69) is 46.5 Å². The van der Waals surface area contributed by atoms with Gasteiger partial charge in [0.2, 0.25) is 0 Å². The zero-order valence-electron chi connectivity index (χ0n) is 12.5. The lowest BCUT2D eigenvalue weighted by molar-refractivity contribution is 0.102. The van der Waals surface area contributed by atoms with Crippen LogP contribution in [-0.4, -0.2) is 15.9 Å². The van der Waals surface area contributed by atoms with Crippen LogP contribution < -0.4 is 5.32 Å². The molecule has 0 saturated carbocycles. The number of benzene rings is 1. The van der Waals surface area contributed by atoms with Crippen molar-refractivity contribution in [3.63, 3.8) is 0 Å². The topological polar surface area (TPSA) is 57.8 Å². The Kier molecular flexibility index (Phi) is 4.64. The number of aromatic amines is 1. The number of pyridine rings is 1. The first-order valence-electron chi connectivity index (χ1n) is 7.11. The number of amides is 1. The van der Waals surface area contributed by atoms with Crippen molar-refractivity contribution in [2.24, 2.45) is 0 Å². The highest BCUT2D eigenvalue weighted by Crippen LogP contribution is 2.22. The van der Waals surface area contributed by atoms with Gasteiger partial charge in [-0.05, 0) is 24.6 Å². The Balaban J connectivity index is 1.70. The Labute approximate surface area is 143 Å². The number of carbonyl (C=O) groups excluding carboxylic acids is 1. The lowest BCUT2D eigenvalue weighted by atomic mass is 10.1. The van der Waals surface area contributed by atoms with Crippen molar-refractivity contribution < 1.29 is 4.79 Å². The van der Waals surface area contributed by atoms with Crippen LogP contribution in [0, 0.1) is 11.6 Å². The van der Waals surface area contributed by atoms with Crippen LogP contribution in [0.3, 0.4) is 0 Å². The number of aryl methyl sites for hydroxylation is 1. The van der Waals surface area contributed by atoms with Crippen LogP contribution in [0.5, 0.6) is 0 Å². The molecule has 4 nitrogen and oxygen atoms in total. The van der Waals surface area contributed by atoms with Gasteiger partial charge < -0.3 is 4.98 Å². The summed E-state index contributed by atoms with van der Waals surface area (Å²) in [6.45, 7) is 2.07. The molecule has 0 saturated heterocycles. The quantitative estimate of drug-likeness (QED) is 0.694. The Morgan fingerprint density at radius 1 is 1.30 bits per heavy atom. The number of anilines is 1. The fraction of sp³-hybridized carbons (Fsp3) is 0.118. The fourth-order valence-electron chi connectivity index (χ4n) is 2.12. The first kappa shape index (κ1) is 15.6. The standard InChI is InChI=1S/C17H15N3OS2/c1-11-4-6-12(7-5-11)9-13-10-19-17(23-13)20-15(21)14-3-2-8-18-16(14)22/h2-8,10H,9H2,1H3,(H,18,22)(H,19,20,21). The molecule has 0 atom stereocenters. The maximum absolute atomic E-state index is 12.2. The summed E-state index contributed by atoms with van der Waals surface area (Å²) in [4.78, 5) is 20.4. The van der Waals surface area contributed by atoms with Gasteiger partial charge in [-0.25, -0.2) is 4.98 Å². The number of H-pyrrole nitrogens is 1. The Bertz CT molecular complexity index is 881. The average molecular weight is 341 g/mol. The molecule has 1 aromatic carbocycles. The third kappa shape index (κ3) is 3.91. The van der Waals surface area contributed by atoms with Gasteiger partial charge in [0.25, 0.3) is 5.91 Å². The SMILES string of the molecule is Cc1ccc(Cc2cnc(NC(=O)c3ccc[nH]c3=S)s2)cc1. The minimum atomic E-state index is -0.247. The molecule has 0 aliphatic carbocycles. The monoisotopic (exact) mass is 341 g/mol. The van der Waals surface area contributed by atoms with Crippen LogP contribution in [0.4, 0.5) is 5.13 Å². The number of aromatic nitrogens is 2. The van der Waals surface area contributed by atoms with Crippen molar-refractivity contribution in [2.45, 2.75) is 13.3 Å². The molecule has 3 aromatic rings. The normalized spacial score (nSPS) is 10.5. The number of carbonyl (C=O) groups is 1. The molecule has 2 N–H and O–H groups in total. The number of hydrogen-bond acceptors (Lipinski definition) is 4. The Morgan fingerprint density at radius 2 is 2.09 bits per heavy atom. The van der Waals surface area contributed by atoms with Gasteiger partial charge in [0.1, 0.15) is 4.64 Å². The molecule has 0 spiro atoms. The summed E-state index contributed by atoms with van der Waals surface area (Å²) in [6, 6.07) is 11.8. The summed E-state index contributed by atoms with van der Waals surface area (Å²) < 4.78 is 0.418. The molecule has 0 unspecified atom stereocenters. The predicted molar refractivity (Wildman–Crippen MR) is 95.7 cm³/mol. The molecule has 1 amide bonds. The number of hydrogen-bond donors (Lipinski definition) is 2. The van der Waals surface area contributed by atoms with E-state index in [4.69, 9.17) is 12.2 Å². The molecule has 2 aromatic heterocycles. The zero-order valence-corrected chi connectivity index (χ0v) is 14.1. The molecule has 0 aliphatic rings. The van der Waals surface area contributed by atoms with Crippen molar-refractivity contribution in [2.75, 3.05) is 5.32 Å². The molecular weight excluding hydrogens is 326 g/mol. The number of nitrogens with one attached hydrogen (secondary N) is 2. The highest BCUT2D eigenvalue weighted by Gasteiger charge is 2.10. The van der Waals surface area contributed by atoms with Crippen LogP contribution in [0.1, 0.15) is 26.4 Å². The van der Waals surface area contributed by atoms with Crippen LogP contribution in [0.15, 0.2) is 48.8 Å². The smallest absolute Gasteiger partial charge is 0.260 e. The van der Waals surface area contributed by atoms with Gasteiger partial charge in [0.15, 0.2) is 5.13 Å². The molecule has 2 heterocycles. The lowest BCUT2D eigenvalue weighted by Gasteiger charge is -2.01. The first-order valence-corrected chi connectivity index (χ1v) is 8.33. The fourth-order valence-corrected chi connectivity index (χ4v) is 3.19. The number of nitrogens with zero attached hydrogens (tertiary/aromatic N) is 1. The molecule has 0 fully saturated rings. The van der Waals surface area contributed by atoms with Gasteiger partial charge in [-0.3, -0.25) is 10.1 Å². The van der Waals surface area contributed by atoms with E-state index in [0.717, 1.165) is 11.3 Å². The molecule has 0 aliphatic heterocycles. The van der Waals surface area contributed by atoms with E-state index in [1.54, 1.807) is 24.5 Å². The summed E-state index contributed by atoms with van der Waals surface area (Å²) in [5.74, 6) is -0.247. The van der Waals surface area contributed by atoms with Gasteiger partial charge in [0.05, 0.1) is 5.56 Å². The van der Waals surface area contributed by atoms with Crippen LogP contribution in [0.2, 0.25) is 0 Å². The highest BCUT2D eigenvalue weighted by molar-refractivity contribution is 7.71. The van der Waals surface area contributed by atoms with Crippen molar-refractivity contribution in [1.29, 1.82) is 0 Å². The van der Waals surface area contributed by atoms with Crippen LogP contribution >= 0.6 is 23.6 Å². The molecule has 23 heavy (non-hydrogen) atoms. The summed E-state index contributed by atoms with van der Waals surface area (Å²) >= 11 is 6.59. The highest BCUT2D eigenvalue weighted by atomic mass is 32.1. The molecule has 6 heteroatoms. The first-order chi connectivity index (χ1) is 11.1. The molecule has 3 rings (SSSR count). The Morgan fingerprint density at radius 3 is 2.83 bits per heavy atom. The maximum Gasteiger partial charge on any atom is 0.260 e. The van der Waals surface area contributed by atoms with Gasteiger partial charge in [-0.1, -0.05) is 42.0 Å². The van der Waals surface area contributed by atoms with Gasteiger partial charge in [-0.2, -0.15) is 0 Å². The van der Waals surface area contributed by atoms with E-state index < -0.39 is 0 Å². The van der Waals surface area contributed by atoms with Crippen molar-refractivity contribution in [1.82, 2.24) is 9.97 Å². The van der Waals surface area contributed by atoms with E-state index in [0.29, 0.717) is 15.3 Å². The zero-order chi connectivity index (χ0) is 16.2. The van der Waals surface area contributed by atoms with Crippen LogP contribution in [-0.2, 0) is 6.42 Å². The molecule has 116 valence electrons. The molecule has 0 bridgehead atoms. The van der Waals surface area contributed by atoms with Crippen molar-refractivity contribution in [3.8, 4) is 0 Å². The van der Waals surface area contributed by atoms with E-state index in [1.807, 2.05) is 0 Å². The minimum absolute atomic E-state index is 0.247. The molecular formula is C17H15N3OS2. The average Bonchev–Trinajstić information content (AvgIpc) is 2.97. The maximum atomic E-state index is 12.2. The second-order valence-electron chi connectivity index (χ2n) is 5.16. The summed E-state index contributed by atoms with van der Waals surface area (Å²) in [5.41, 5.74) is 2.91. The molecule has 0 radical (unpaired) electrons. The van der Waals surface area contributed by atoms with Gasteiger partial charge in [0, 0.05) is 23.7 Å². The number of thiazole rings is 1. The minimum Gasteiger partial charge on any atom is -0.352 e. The summed E-state index contributed by atoms with van der Waals surface area (Å²) in [7, 11) is 0. The van der Waals surface area contributed by atoms with Crippen LogP contribution in [0.25, 0.3) is 0 Å². The van der Waals surface area contributed by atoms with E-state index >= 15 is 0 Å². The largest absolute Gasteiger partial charge is 0.352 e.